The largest absolute Gasteiger partial charge is 0.386 e. The molecule has 0 aliphatic carbocycles. The molecule has 7 heteroatoms. The van der Waals surface area contributed by atoms with Crippen molar-refractivity contribution in [2.24, 2.45) is 16.7 Å². The van der Waals surface area contributed by atoms with Crippen LogP contribution in [0.1, 0.15) is 109 Å². The Bertz CT molecular complexity index is 585. The third-order valence-corrected chi connectivity index (χ3v) is 5.18. The Labute approximate surface area is 239 Å². The summed E-state index contributed by atoms with van der Waals surface area (Å²) >= 11 is 0. The van der Waals surface area contributed by atoms with E-state index in [1.54, 1.807) is 0 Å². The van der Waals surface area contributed by atoms with Crippen LogP contribution in [0.3, 0.4) is 0 Å². The summed E-state index contributed by atoms with van der Waals surface area (Å²) in [7, 11) is 6.42. The topological polar surface area (TPSA) is 70.2 Å². The van der Waals surface area contributed by atoms with Crippen molar-refractivity contribution >= 4 is 19.7 Å². The first kappa shape index (κ1) is 38.6. The monoisotopic (exact) mass is 553 g/mol. The van der Waals surface area contributed by atoms with Crippen molar-refractivity contribution in [3.05, 3.63) is 5.92 Å². The summed E-state index contributed by atoms with van der Waals surface area (Å²) in [5, 5.41) is 8.98. The predicted octanol–water partition coefficient (Wildman–Crippen LogP) is 5.45. The molecule has 0 fully saturated rings. The minimum atomic E-state index is -0.569. The van der Waals surface area contributed by atoms with Crippen molar-refractivity contribution in [1.29, 1.82) is 0 Å². The molecule has 0 aromatic rings. The second-order valence-corrected chi connectivity index (χ2v) is 12.7. The van der Waals surface area contributed by atoms with Crippen LogP contribution in [-0.2, 0) is 42.3 Å². The summed E-state index contributed by atoms with van der Waals surface area (Å²) in [5.41, 5.74) is -0.0385. The van der Waals surface area contributed by atoms with Crippen LogP contribution < -0.4 is 16.0 Å². The van der Waals surface area contributed by atoms with Crippen molar-refractivity contribution < 1.29 is 42.3 Å². The Morgan fingerprint density at radius 2 is 1.38 bits per heavy atom. The van der Waals surface area contributed by atoms with Gasteiger partial charge in [0, 0.05) is 57.1 Å². The summed E-state index contributed by atoms with van der Waals surface area (Å²) in [6.45, 7) is 28.8. The number of hydrogen-bond acceptors (Lipinski definition) is 3. The van der Waals surface area contributed by atoms with Gasteiger partial charge >= 0.3 is 0 Å². The average Bonchev–Trinajstić information content (AvgIpc) is 2.62. The van der Waals surface area contributed by atoms with Gasteiger partial charge in [0.25, 0.3) is 0 Å². The van der Waals surface area contributed by atoms with Gasteiger partial charge in [0.1, 0.15) is 0 Å². The third kappa shape index (κ3) is 21.4. The van der Waals surface area contributed by atoms with E-state index in [2.05, 4.69) is 71.3 Å². The molecular weight excluding hydrogens is 498 g/mol. The minimum absolute atomic E-state index is 0. The maximum Gasteiger partial charge on any atom is 0.222 e. The van der Waals surface area contributed by atoms with Gasteiger partial charge in [-0.15, -0.1) is 6.54 Å². The normalized spacial score (nSPS) is 14.0. The van der Waals surface area contributed by atoms with Gasteiger partial charge in [-0.25, -0.2) is 0 Å². The van der Waals surface area contributed by atoms with Crippen molar-refractivity contribution in [2.75, 3.05) is 19.6 Å². The van der Waals surface area contributed by atoms with E-state index in [0.29, 0.717) is 25.9 Å². The van der Waals surface area contributed by atoms with Crippen LogP contribution in [0.5, 0.6) is 0 Å². The van der Waals surface area contributed by atoms with E-state index >= 15 is 0 Å². The maximum absolute atomic E-state index is 12.6. The Hall–Kier alpha value is 0.0688. The molecule has 0 heterocycles. The molecule has 3 radical (unpaired) electrons. The molecule has 1 atom stereocenters. The van der Waals surface area contributed by atoms with Crippen LogP contribution >= 0.6 is 0 Å². The number of rotatable bonds is 13. The molecule has 5 nitrogen and oxygen atoms in total. The van der Waals surface area contributed by atoms with Crippen LogP contribution in [0.2, 0.25) is 5.31 Å². The smallest absolute Gasteiger partial charge is 0.222 e. The fourth-order valence-electron chi connectivity index (χ4n) is 3.90. The minimum Gasteiger partial charge on any atom is -0.386 e. The Morgan fingerprint density at radius 3 is 1.82 bits per heavy atom. The second kappa shape index (κ2) is 16.7. The van der Waals surface area contributed by atoms with Crippen molar-refractivity contribution in [2.45, 2.75) is 120 Å². The third-order valence-electron chi connectivity index (χ3n) is 5.18. The first-order chi connectivity index (χ1) is 14.7. The fourth-order valence-corrected chi connectivity index (χ4v) is 3.90. The zero-order valence-corrected chi connectivity index (χ0v) is 27.6. The van der Waals surface area contributed by atoms with Gasteiger partial charge in [-0.05, 0) is 44.6 Å². The number of carbonyl (C=O) groups is 2. The zero-order valence-electron chi connectivity index (χ0n) is 24.8. The first-order valence-electron chi connectivity index (χ1n) is 12.6. The molecule has 0 aromatic carbocycles. The molecule has 0 spiro atoms. The van der Waals surface area contributed by atoms with Gasteiger partial charge in [-0.3, -0.25) is 15.5 Å². The van der Waals surface area contributed by atoms with Crippen LogP contribution in [-0.4, -0.2) is 44.8 Å². The van der Waals surface area contributed by atoms with Crippen molar-refractivity contribution in [1.82, 2.24) is 16.0 Å². The zero-order chi connectivity index (χ0) is 26.7. The van der Waals surface area contributed by atoms with Gasteiger partial charge in [0.2, 0.25) is 11.8 Å². The van der Waals surface area contributed by atoms with E-state index in [-0.39, 0.29) is 66.8 Å². The van der Waals surface area contributed by atoms with E-state index in [0.717, 1.165) is 13.0 Å². The molecule has 34 heavy (non-hydrogen) atoms. The molecule has 197 valence electrons. The molecule has 0 aromatic heterocycles. The Kier molecular flexibility index (Phi) is 19.0. The molecule has 0 aliphatic heterocycles. The summed E-state index contributed by atoms with van der Waals surface area (Å²) in [5.74, 6) is 1.24. The second-order valence-electron chi connectivity index (χ2n) is 12.7. The maximum atomic E-state index is 12.6. The van der Waals surface area contributed by atoms with Gasteiger partial charge in [-0.1, -0.05) is 67.6 Å². The van der Waals surface area contributed by atoms with Crippen LogP contribution in [0.15, 0.2) is 0 Å². The molecule has 0 rings (SSSR count). The molecule has 3 N–H and O–H groups in total. The average molecular weight is 553 g/mol. The Morgan fingerprint density at radius 1 is 0.882 bits per heavy atom. The molecule has 0 bridgehead atoms. The number of hydrogen-bond donors (Lipinski definition) is 3. The standard InChI is InChI=1S/C25H49BN3O2.C2H6.Y/c1-18(2)21(31)28-17-25(11,26)15-23(7,8)13-20(30)27-14-19(3)12-24(9,10)16-29-22(4,5)6;1-2;/h18,29H,12-17H2,1-11H3,(H,27,30)(H,28,31);1-2H3;/q-1;;. The first-order valence-corrected chi connectivity index (χ1v) is 12.6. The van der Waals surface area contributed by atoms with Crippen LogP contribution in [0.25, 0.3) is 0 Å². The summed E-state index contributed by atoms with van der Waals surface area (Å²) in [6, 6.07) is 0. The van der Waals surface area contributed by atoms with E-state index < -0.39 is 5.31 Å². The van der Waals surface area contributed by atoms with Crippen LogP contribution in [0, 0.1) is 22.7 Å². The molecule has 0 aliphatic rings. The molecule has 1 unspecified atom stereocenters. The molecule has 2 amide bonds. The summed E-state index contributed by atoms with van der Waals surface area (Å²) in [4.78, 5) is 24.4. The van der Waals surface area contributed by atoms with E-state index in [1.165, 1.54) is 5.92 Å². The van der Waals surface area contributed by atoms with Crippen LogP contribution in [0.4, 0.5) is 0 Å². The van der Waals surface area contributed by atoms with E-state index in [9.17, 15) is 9.59 Å². The fraction of sp³-hybridized carbons (Fsp3) is 0.889. The van der Waals surface area contributed by atoms with Crippen molar-refractivity contribution in [3.63, 3.8) is 0 Å². The van der Waals surface area contributed by atoms with Crippen molar-refractivity contribution in [3.8, 4) is 0 Å². The Balaban J connectivity index is -0.00000311. The van der Waals surface area contributed by atoms with Gasteiger partial charge < -0.3 is 16.0 Å². The number of amides is 2. The van der Waals surface area contributed by atoms with Gasteiger partial charge in [0.05, 0.1) is 7.85 Å². The molecular formula is C27H55BN3O2Y-. The van der Waals surface area contributed by atoms with Gasteiger partial charge in [-0.2, -0.15) is 13.3 Å². The molecule has 0 saturated heterocycles. The summed E-state index contributed by atoms with van der Waals surface area (Å²) in [6.07, 6.45) is 2.00. The van der Waals surface area contributed by atoms with Gasteiger partial charge in [0.15, 0.2) is 0 Å². The molecule has 0 saturated carbocycles. The number of nitrogens with one attached hydrogen (secondary N) is 3. The predicted molar refractivity (Wildman–Crippen MR) is 144 cm³/mol. The quantitative estimate of drug-likeness (QED) is 0.210. The summed E-state index contributed by atoms with van der Waals surface area (Å²) < 4.78 is 0. The number of carbonyl (C=O) groups excluding carboxylic acids is 2. The van der Waals surface area contributed by atoms with E-state index in [1.807, 2.05) is 34.6 Å². The van der Waals surface area contributed by atoms with E-state index in [4.69, 9.17) is 7.85 Å². The SMILES string of the molecule is CC.[B]C(C)(CNC(=O)C(C)C)CC(C)(C)CC(=O)NC[C-](C)CC(C)(C)CNC(C)(C)C.[Y].